The number of ether oxygens (including phenoxy) is 3. The van der Waals surface area contributed by atoms with Gasteiger partial charge in [-0.1, -0.05) is 31.5 Å². The van der Waals surface area contributed by atoms with Gasteiger partial charge in [-0.2, -0.15) is 0 Å². The summed E-state index contributed by atoms with van der Waals surface area (Å²) in [6, 6.07) is 13.5. The first kappa shape index (κ1) is 21.4. The molecule has 2 rings (SSSR count). The van der Waals surface area contributed by atoms with Gasteiger partial charge in [-0.3, -0.25) is 4.79 Å². The van der Waals surface area contributed by atoms with Gasteiger partial charge in [0.15, 0.2) is 11.5 Å². The van der Waals surface area contributed by atoms with Crippen molar-refractivity contribution >= 4 is 12.0 Å². The summed E-state index contributed by atoms with van der Waals surface area (Å²) in [6.45, 7) is 3.41. The highest BCUT2D eigenvalue weighted by atomic mass is 16.5. The third-order valence-corrected chi connectivity index (χ3v) is 4.23. The minimum Gasteiger partial charge on any atom is -0.494 e. The summed E-state index contributed by atoms with van der Waals surface area (Å²) in [5, 5.41) is 2.89. The Labute approximate surface area is 167 Å². The van der Waals surface area contributed by atoms with Crippen molar-refractivity contribution in [3.05, 3.63) is 59.7 Å². The molecule has 0 aliphatic heterocycles. The number of hydrogen-bond acceptors (Lipinski definition) is 4. The molecule has 0 aliphatic carbocycles. The van der Waals surface area contributed by atoms with Gasteiger partial charge in [0.05, 0.1) is 20.8 Å². The Morgan fingerprint density at radius 3 is 2.46 bits per heavy atom. The van der Waals surface area contributed by atoms with Gasteiger partial charge in [0.1, 0.15) is 5.75 Å². The molecule has 2 aromatic carbocycles. The molecular weight excluding hydrogens is 354 g/mol. The highest BCUT2D eigenvalue weighted by Gasteiger charge is 2.04. The highest BCUT2D eigenvalue weighted by Crippen LogP contribution is 2.27. The Morgan fingerprint density at radius 2 is 1.79 bits per heavy atom. The second-order valence-electron chi connectivity index (χ2n) is 6.33. The second-order valence-corrected chi connectivity index (χ2v) is 6.33. The molecule has 0 radical (unpaired) electrons. The molecule has 1 N–H and O–H groups in total. The van der Waals surface area contributed by atoms with E-state index in [2.05, 4.69) is 12.2 Å². The van der Waals surface area contributed by atoms with Crippen LogP contribution in [-0.4, -0.2) is 33.3 Å². The Kier molecular flexibility index (Phi) is 8.92. The minimum absolute atomic E-state index is 0.122. The molecule has 0 spiro atoms. The minimum atomic E-state index is -0.122. The summed E-state index contributed by atoms with van der Waals surface area (Å²) in [4.78, 5) is 12.0. The maximum atomic E-state index is 12.0. The van der Waals surface area contributed by atoms with Crippen molar-refractivity contribution in [1.29, 1.82) is 0 Å². The average Bonchev–Trinajstić information content (AvgIpc) is 2.73. The van der Waals surface area contributed by atoms with Crippen LogP contribution in [0.15, 0.2) is 48.5 Å². The van der Waals surface area contributed by atoms with Gasteiger partial charge in [-0.05, 0) is 54.3 Å². The molecule has 0 aliphatic rings. The van der Waals surface area contributed by atoms with Crippen molar-refractivity contribution in [1.82, 2.24) is 5.32 Å². The van der Waals surface area contributed by atoms with Gasteiger partial charge in [0.2, 0.25) is 5.91 Å². The third-order valence-electron chi connectivity index (χ3n) is 4.23. The first-order valence-corrected chi connectivity index (χ1v) is 9.56. The van der Waals surface area contributed by atoms with Gasteiger partial charge in [0.25, 0.3) is 0 Å². The topological polar surface area (TPSA) is 56.8 Å². The molecule has 0 saturated heterocycles. The lowest BCUT2D eigenvalue weighted by Crippen LogP contribution is -2.23. The lowest BCUT2D eigenvalue weighted by Gasteiger charge is -2.09. The maximum absolute atomic E-state index is 12.0. The third kappa shape index (κ3) is 6.99. The van der Waals surface area contributed by atoms with Crippen LogP contribution in [0.5, 0.6) is 17.2 Å². The summed E-state index contributed by atoms with van der Waals surface area (Å²) in [5.74, 6) is 2.11. The lowest BCUT2D eigenvalue weighted by atomic mass is 10.1. The normalized spacial score (nSPS) is 10.7. The van der Waals surface area contributed by atoms with Crippen LogP contribution in [0, 0.1) is 0 Å². The largest absolute Gasteiger partial charge is 0.494 e. The summed E-state index contributed by atoms with van der Waals surface area (Å²) >= 11 is 0. The first-order chi connectivity index (χ1) is 13.7. The van der Waals surface area contributed by atoms with E-state index in [1.54, 1.807) is 26.4 Å². The van der Waals surface area contributed by atoms with Gasteiger partial charge in [0, 0.05) is 12.6 Å². The van der Waals surface area contributed by atoms with Crippen molar-refractivity contribution < 1.29 is 19.0 Å². The van der Waals surface area contributed by atoms with E-state index in [9.17, 15) is 4.79 Å². The lowest BCUT2D eigenvalue weighted by molar-refractivity contribution is -0.116. The Balaban J connectivity index is 1.77. The Morgan fingerprint density at radius 1 is 1.04 bits per heavy atom. The summed E-state index contributed by atoms with van der Waals surface area (Å²) in [7, 11) is 3.22. The summed E-state index contributed by atoms with van der Waals surface area (Å²) in [6.07, 6.45) is 6.21. The van der Waals surface area contributed by atoms with Crippen LogP contribution in [0.1, 0.15) is 30.9 Å². The van der Waals surface area contributed by atoms with Crippen LogP contribution in [-0.2, 0) is 11.2 Å². The molecule has 5 heteroatoms. The van der Waals surface area contributed by atoms with E-state index in [4.69, 9.17) is 14.2 Å². The van der Waals surface area contributed by atoms with Gasteiger partial charge in [-0.25, -0.2) is 0 Å². The molecule has 0 unspecified atom stereocenters. The van der Waals surface area contributed by atoms with Crippen LogP contribution < -0.4 is 19.5 Å². The van der Waals surface area contributed by atoms with Crippen LogP contribution in [0.4, 0.5) is 0 Å². The van der Waals surface area contributed by atoms with E-state index < -0.39 is 0 Å². The molecule has 28 heavy (non-hydrogen) atoms. The molecule has 0 fully saturated rings. The average molecular weight is 383 g/mol. The molecule has 150 valence electrons. The van der Waals surface area contributed by atoms with Crippen LogP contribution >= 0.6 is 0 Å². The van der Waals surface area contributed by atoms with Crippen LogP contribution in [0.2, 0.25) is 0 Å². The zero-order valence-corrected chi connectivity index (χ0v) is 16.9. The molecule has 1 amide bonds. The van der Waals surface area contributed by atoms with Crippen molar-refractivity contribution in [2.45, 2.75) is 26.2 Å². The van der Waals surface area contributed by atoms with Crippen molar-refractivity contribution in [2.24, 2.45) is 0 Å². The Bertz CT molecular complexity index is 769. The van der Waals surface area contributed by atoms with Crippen molar-refractivity contribution in [3.63, 3.8) is 0 Å². The fourth-order valence-electron chi connectivity index (χ4n) is 2.61. The number of carbonyl (C=O) groups excluding carboxylic acids is 1. The first-order valence-electron chi connectivity index (χ1n) is 9.56. The predicted molar refractivity (Wildman–Crippen MR) is 112 cm³/mol. The van der Waals surface area contributed by atoms with Gasteiger partial charge >= 0.3 is 0 Å². The molecule has 2 aromatic rings. The van der Waals surface area contributed by atoms with E-state index in [0.29, 0.717) is 24.5 Å². The number of hydrogen-bond donors (Lipinski definition) is 1. The molecule has 5 nitrogen and oxygen atoms in total. The number of nitrogens with one attached hydrogen (secondary N) is 1. The van der Waals surface area contributed by atoms with E-state index in [1.165, 1.54) is 0 Å². The van der Waals surface area contributed by atoms with E-state index >= 15 is 0 Å². The van der Waals surface area contributed by atoms with E-state index in [-0.39, 0.29) is 5.91 Å². The number of amides is 1. The fraction of sp³-hybridized carbons (Fsp3) is 0.348. The van der Waals surface area contributed by atoms with Crippen molar-refractivity contribution in [3.8, 4) is 17.2 Å². The maximum Gasteiger partial charge on any atom is 0.244 e. The Hall–Kier alpha value is -2.95. The number of unbranched alkanes of at least 4 members (excludes halogenated alkanes) is 1. The zero-order chi connectivity index (χ0) is 20.2. The molecule has 0 bridgehead atoms. The predicted octanol–water partition coefficient (Wildman–Crippen LogP) is 4.25. The molecular formula is C23H29NO4. The zero-order valence-electron chi connectivity index (χ0n) is 16.9. The molecule has 0 aromatic heterocycles. The standard InChI is InChI=1S/C23H29NO4/c1-4-5-16-28-20-10-6-18(7-11-20)9-13-23(25)24-15-14-19-8-12-21(26-2)22(17-19)27-3/h6-13,17H,4-5,14-16H2,1-3H3,(H,24,25)/b13-9+. The number of methoxy groups -OCH3 is 2. The second kappa shape index (κ2) is 11.7. The molecule has 0 heterocycles. The number of carbonyl (C=O) groups is 1. The van der Waals surface area contributed by atoms with Crippen molar-refractivity contribution in [2.75, 3.05) is 27.4 Å². The van der Waals surface area contributed by atoms with Gasteiger partial charge < -0.3 is 19.5 Å². The SMILES string of the molecule is CCCCOc1ccc(/C=C/C(=O)NCCc2ccc(OC)c(OC)c2)cc1. The summed E-state index contributed by atoms with van der Waals surface area (Å²) in [5.41, 5.74) is 2.03. The van der Waals surface area contributed by atoms with E-state index in [1.807, 2.05) is 42.5 Å². The monoisotopic (exact) mass is 383 g/mol. The smallest absolute Gasteiger partial charge is 0.244 e. The highest BCUT2D eigenvalue weighted by molar-refractivity contribution is 5.91. The van der Waals surface area contributed by atoms with Gasteiger partial charge in [-0.15, -0.1) is 0 Å². The van der Waals surface area contributed by atoms with Crippen LogP contribution in [0.3, 0.4) is 0 Å². The molecule has 0 atom stereocenters. The van der Waals surface area contributed by atoms with E-state index in [0.717, 1.165) is 36.3 Å². The number of benzene rings is 2. The number of rotatable bonds is 11. The fourth-order valence-corrected chi connectivity index (χ4v) is 2.61. The summed E-state index contributed by atoms with van der Waals surface area (Å²) < 4.78 is 16.2. The quantitative estimate of drug-likeness (QED) is 0.465. The molecule has 0 saturated carbocycles. The van der Waals surface area contributed by atoms with Crippen LogP contribution in [0.25, 0.3) is 6.08 Å².